The van der Waals surface area contributed by atoms with Crippen molar-refractivity contribution < 1.29 is 14.3 Å². The minimum Gasteiger partial charge on any atom is -0.379 e. The topological polar surface area (TPSA) is 63.7 Å². The number of hydrogen-bond donors (Lipinski definition) is 1. The average Bonchev–Trinajstić information content (AvgIpc) is 3.13. The Morgan fingerprint density at radius 1 is 1.38 bits per heavy atom. The summed E-state index contributed by atoms with van der Waals surface area (Å²) in [6, 6.07) is 7.85. The number of aromatic nitrogens is 1. The maximum atomic E-state index is 12.6. The molecule has 8 heteroatoms. The minimum atomic E-state index is -0.119. The lowest BCUT2D eigenvalue weighted by molar-refractivity contribution is 0.0162. The molecule has 26 heavy (non-hydrogen) atoms. The maximum absolute atomic E-state index is 12.6. The van der Waals surface area contributed by atoms with Gasteiger partial charge in [-0.25, -0.2) is 4.98 Å². The molecule has 1 aliphatic heterocycles. The van der Waals surface area contributed by atoms with Crippen molar-refractivity contribution in [2.24, 2.45) is 0 Å². The Kier molecular flexibility index (Phi) is 6.99. The Morgan fingerprint density at radius 3 is 2.81 bits per heavy atom. The van der Waals surface area contributed by atoms with Crippen LogP contribution in [0.1, 0.15) is 27.0 Å². The molecule has 0 radical (unpaired) electrons. The van der Waals surface area contributed by atoms with Gasteiger partial charge in [-0.05, 0) is 17.7 Å². The first-order valence-corrected chi connectivity index (χ1v) is 9.71. The summed E-state index contributed by atoms with van der Waals surface area (Å²) in [5.41, 5.74) is 3.46. The highest BCUT2D eigenvalue weighted by Gasteiger charge is 2.24. The first-order valence-electron chi connectivity index (χ1n) is 8.46. The van der Waals surface area contributed by atoms with Crippen molar-refractivity contribution >= 4 is 28.8 Å². The number of carbonyl (C=O) groups is 1. The number of nitrogens with zero attached hydrogens (tertiary/aromatic N) is 2. The van der Waals surface area contributed by atoms with E-state index in [1.807, 2.05) is 24.3 Å². The Labute approximate surface area is 162 Å². The molecule has 1 aromatic carbocycles. The van der Waals surface area contributed by atoms with Gasteiger partial charge in [0.05, 0.1) is 37.1 Å². The Hall–Kier alpha value is -1.51. The number of halogens is 1. The molecule has 1 fully saturated rings. The van der Waals surface area contributed by atoms with Crippen molar-refractivity contribution in [1.29, 1.82) is 0 Å². The fourth-order valence-corrected chi connectivity index (χ4v) is 3.83. The number of rotatable bonds is 7. The molecule has 1 N–H and O–H groups in total. The summed E-state index contributed by atoms with van der Waals surface area (Å²) in [4.78, 5) is 19.7. The molecule has 1 aromatic heterocycles. The number of nitrogens with one attached hydrogen (secondary N) is 1. The van der Waals surface area contributed by atoms with Crippen molar-refractivity contribution in [1.82, 2.24) is 15.2 Å². The van der Waals surface area contributed by atoms with Crippen LogP contribution in [0.2, 0.25) is 5.02 Å². The molecule has 0 spiro atoms. The zero-order chi connectivity index (χ0) is 18.4. The van der Waals surface area contributed by atoms with E-state index in [1.54, 1.807) is 12.6 Å². The molecule has 1 atom stereocenters. The zero-order valence-electron chi connectivity index (χ0n) is 14.6. The second kappa shape index (κ2) is 9.43. The lowest BCUT2D eigenvalue weighted by atomic mass is 10.0. The number of morpholine rings is 1. The third kappa shape index (κ3) is 4.81. The van der Waals surface area contributed by atoms with Gasteiger partial charge in [-0.3, -0.25) is 9.69 Å². The highest BCUT2D eigenvalue weighted by molar-refractivity contribution is 7.11. The Balaban J connectivity index is 1.71. The second-order valence-electron chi connectivity index (χ2n) is 5.99. The van der Waals surface area contributed by atoms with E-state index in [4.69, 9.17) is 21.1 Å². The first kappa shape index (κ1) is 19.3. The van der Waals surface area contributed by atoms with Crippen LogP contribution in [-0.2, 0) is 16.1 Å². The largest absolute Gasteiger partial charge is 0.379 e. The summed E-state index contributed by atoms with van der Waals surface area (Å²) in [7, 11) is 1.59. The molecular weight excluding hydrogens is 374 g/mol. The minimum absolute atomic E-state index is 0.0684. The first-order chi connectivity index (χ1) is 12.7. The highest BCUT2D eigenvalue weighted by Crippen LogP contribution is 2.23. The van der Waals surface area contributed by atoms with Crippen LogP contribution in [0.4, 0.5) is 0 Å². The van der Waals surface area contributed by atoms with Crippen molar-refractivity contribution in [2.45, 2.75) is 12.6 Å². The number of thiazole rings is 1. The number of methoxy groups -OCH3 is 1. The molecule has 0 aliphatic carbocycles. The molecule has 140 valence electrons. The summed E-state index contributed by atoms with van der Waals surface area (Å²) in [6.07, 6.45) is 0. The van der Waals surface area contributed by atoms with Crippen LogP contribution in [0.25, 0.3) is 0 Å². The smallest absolute Gasteiger partial charge is 0.263 e. The highest BCUT2D eigenvalue weighted by atomic mass is 35.5. The number of hydrogen-bond acceptors (Lipinski definition) is 6. The number of benzene rings is 1. The van der Waals surface area contributed by atoms with Gasteiger partial charge in [0.2, 0.25) is 0 Å². The van der Waals surface area contributed by atoms with E-state index in [-0.39, 0.29) is 11.9 Å². The summed E-state index contributed by atoms with van der Waals surface area (Å²) in [5.74, 6) is -0.119. The second-order valence-corrected chi connectivity index (χ2v) is 7.28. The lowest BCUT2D eigenvalue weighted by Gasteiger charge is -2.35. The van der Waals surface area contributed by atoms with Gasteiger partial charge in [0.15, 0.2) is 0 Å². The molecule has 3 rings (SSSR count). The van der Waals surface area contributed by atoms with Crippen LogP contribution in [0.15, 0.2) is 29.8 Å². The quantitative estimate of drug-likeness (QED) is 0.781. The maximum Gasteiger partial charge on any atom is 0.263 e. The summed E-state index contributed by atoms with van der Waals surface area (Å²) < 4.78 is 10.6. The predicted molar refractivity (Wildman–Crippen MR) is 102 cm³/mol. The molecule has 2 aromatic rings. The van der Waals surface area contributed by atoms with E-state index in [2.05, 4.69) is 15.2 Å². The molecule has 6 nitrogen and oxygen atoms in total. The molecular formula is C18H22ClN3O3S. The van der Waals surface area contributed by atoms with Crippen LogP contribution in [0, 0.1) is 0 Å². The molecule has 0 saturated carbocycles. The van der Waals surface area contributed by atoms with Crippen LogP contribution in [0.5, 0.6) is 0 Å². The summed E-state index contributed by atoms with van der Waals surface area (Å²) >= 11 is 7.35. The zero-order valence-corrected chi connectivity index (χ0v) is 16.2. The number of carbonyl (C=O) groups excluding carboxylic acids is 1. The van der Waals surface area contributed by atoms with Crippen molar-refractivity contribution in [3.63, 3.8) is 0 Å². The van der Waals surface area contributed by atoms with E-state index >= 15 is 0 Å². The normalized spacial score (nSPS) is 16.4. The molecule has 2 heterocycles. The van der Waals surface area contributed by atoms with Gasteiger partial charge in [0.1, 0.15) is 4.88 Å². The van der Waals surface area contributed by atoms with Crippen molar-refractivity contribution in [3.8, 4) is 0 Å². The Morgan fingerprint density at radius 2 is 2.12 bits per heavy atom. The Bertz CT molecular complexity index is 717. The molecule has 0 bridgehead atoms. The molecule has 1 saturated heterocycles. The lowest BCUT2D eigenvalue weighted by Crippen LogP contribution is -2.43. The van der Waals surface area contributed by atoms with Gasteiger partial charge in [0, 0.05) is 31.8 Å². The average molecular weight is 396 g/mol. The molecule has 1 amide bonds. The summed E-state index contributed by atoms with van der Waals surface area (Å²) in [5, 5.41) is 3.76. The van der Waals surface area contributed by atoms with E-state index < -0.39 is 0 Å². The van der Waals surface area contributed by atoms with E-state index in [0.717, 1.165) is 18.7 Å². The molecule has 1 unspecified atom stereocenters. The van der Waals surface area contributed by atoms with Crippen LogP contribution in [-0.4, -0.2) is 55.7 Å². The van der Waals surface area contributed by atoms with Crippen LogP contribution >= 0.6 is 22.9 Å². The van der Waals surface area contributed by atoms with Gasteiger partial charge in [-0.15, -0.1) is 11.3 Å². The third-order valence-corrected chi connectivity index (χ3v) is 5.45. The van der Waals surface area contributed by atoms with Gasteiger partial charge < -0.3 is 14.8 Å². The van der Waals surface area contributed by atoms with Crippen LogP contribution < -0.4 is 5.32 Å². The fourth-order valence-electron chi connectivity index (χ4n) is 2.99. The summed E-state index contributed by atoms with van der Waals surface area (Å²) in [6.45, 7) is 3.90. The monoisotopic (exact) mass is 395 g/mol. The molecule has 1 aliphatic rings. The van der Waals surface area contributed by atoms with Crippen molar-refractivity contribution in [3.05, 3.63) is 50.9 Å². The van der Waals surface area contributed by atoms with Crippen molar-refractivity contribution in [2.75, 3.05) is 40.0 Å². The van der Waals surface area contributed by atoms with Gasteiger partial charge in [-0.1, -0.05) is 23.7 Å². The van der Waals surface area contributed by atoms with E-state index in [0.29, 0.717) is 42.0 Å². The van der Waals surface area contributed by atoms with Gasteiger partial charge in [0.25, 0.3) is 5.91 Å². The van der Waals surface area contributed by atoms with Gasteiger partial charge >= 0.3 is 0 Å². The predicted octanol–water partition coefficient (Wildman–Crippen LogP) is 2.75. The van der Waals surface area contributed by atoms with Gasteiger partial charge in [-0.2, -0.15) is 0 Å². The van der Waals surface area contributed by atoms with E-state index in [1.165, 1.54) is 11.3 Å². The number of amides is 1. The standard InChI is InChI=1S/C18H22ClN3O3S/c1-24-11-15-17(26-12-21-15)18(23)20-10-16(22-6-8-25-9-7-22)13-2-4-14(19)5-3-13/h2-5,12,16H,6-11H2,1H3,(H,20,23). The fraction of sp³-hybridized carbons (Fsp3) is 0.444. The third-order valence-electron chi connectivity index (χ3n) is 4.33. The SMILES string of the molecule is COCc1ncsc1C(=O)NCC(c1ccc(Cl)cc1)N1CCOCC1. The van der Waals surface area contributed by atoms with Crippen LogP contribution in [0.3, 0.4) is 0 Å². The van der Waals surface area contributed by atoms with E-state index in [9.17, 15) is 4.79 Å². The number of ether oxygens (including phenoxy) is 2.